The molecule has 6 N–H and O–H groups in total. The summed E-state index contributed by atoms with van der Waals surface area (Å²) < 4.78 is 0. The number of benzene rings is 1. The Morgan fingerprint density at radius 1 is 1.00 bits per heavy atom. The molecule has 0 saturated heterocycles. The maximum atomic E-state index is 9.73. The minimum absolute atomic E-state index is 0.0316. The van der Waals surface area contributed by atoms with Gasteiger partial charge in [-0.25, -0.2) is 0 Å². The highest BCUT2D eigenvalue weighted by molar-refractivity contribution is 6.90. The highest BCUT2D eigenvalue weighted by Gasteiger charge is 2.27. The molecule has 5 heteroatoms. The van der Waals surface area contributed by atoms with Crippen molar-refractivity contribution in [3.8, 4) is 11.5 Å². The van der Waals surface area contributed by atoms with E-state index >= 15 is 0 Å². The summed E-state index contributed by atoms with van der Waals surface area (Å²) in [4.78, 5) is 0. The SMILES string of the molecule is C[Si](C)(C)c1c(O)c(N)cc(N)c1O. The number of nitrogen functional groups attached to an aromatic ring is 2. The van der Waals surface area contributed by atoms with Crippen LogP contribution in [0.3, 0.4) is 0 Å². The third-order valence-electron chi connectivity index (χ3n) is 2.08. The highest BCUT2D eigenvalue weighted by atomic mass is 28.3. The smallest absolute Gasteiger partial charge is 0.141 e. The van der Waals surface area contributed by atoms with Gasteiger partial charge in [0.05, 0.1) is 19.4 Å². The maximum absolute atomic E-state index is 9.73. The molecular weight excluding hydrogens is 196 g/mol. The average molecular weight is 212 g/mol. The molecule has 4 nitrogen and oxygen atoms in total. The van der Waals surface area contributed by atoms with Crippen LogP contribution in [0, 0.1) is 0 Å². The minimum Gasteiger partial charge on any atom is -0.506 e. The lowest BCUT2D eigenvalue weighted by Gasteiger charge is -2.21. The summed E-state index contributed by atoms with van der Waals surface area (Å²) >= 11 is 0. The predicted molar refractivity (Wildman–Crippen MR) is 61.6 cm³/mol. The molecule has 78 valence electrons. The molecule has 0 radical (unpaired) electrons. The first-order valence-electron chi connectivity index (χ1n) is 4.35. The van der Waals surface area contributed by atoms with Crippen molar-refractivity contribution in [1.82, 2.24) is 0 Å². The van der Waals surface area contributed by atoms with Gasteiger partial charge in [0.25, 0.3) is 0 Å². The summed E-state index contributed by atoms with van der Waals surface area (Å²) in [6, 6.07) is 1.37. The Morgan fingerprint density at radius 2 is 1.36 bits per heavy atom. The highest BCUT2D eigenvalue weighted by Crippen LogP contribution is 2.31. The lowest BCUT2D eigenvalue weighted by Crippen LogP contribution is -2.38. The Hall–Kier alpha value is -1.36. The fourth-order valence-corrected chi connectivity index (χ4v) is 3.12. The summed E-state index contributed by atoms with van der Waals surface area (Å²) in [5, 5.41) is 20.0. The van der Waals surface area contributed by atoms with Crippen LogP contribution in [0.1, 0.15) is 0 Å². The van der Waals surface area contributed by atoms with Crippen LogP contribution >= 0.6 is 0 Å². The van der Waals surface area contributed by atoms with Crippen LogP contribution in [0.2, 0.25) is 19.6 Å². The molecule has 1 rings (SSSR count). The number of aromatic hydroxyl groups is 2. The van der Waals surface area contributed by atoms with Gasteiger partial charge in [0.1, 0.15) is 11.5 Å². The molecule has 0 saturated carbocycles. The number of hydrogen-bond acceptors (Lipinski definition) is 4. The van der Waals surface area contributed by atoms with Gasteiger partial charge in [-0.15, -0.1) is 0 Å². The van der Waals surface area contributed by atoms with Gasteiger partial charge in [-0.05, 0) is 6.07 Å². The maximum Gasteiger partial charge on any atom is 0.141 e. The van der Waals surface area contributed by atoms with Crippen molar-refractivity contribution < 1.29 is 10.2 Å². The van der Waals surface area contributed by atoms with Crippen molar-refractivity contribution in [2.45, 2.75) is 19.6 Å². The molecule has 0 aliphatic heterocycles. The fourth-order valence-electron chi connectivity index (χ4n) is 1.42. The molecule has 0 aromatic heterocycles. The van der Waals surface area contributed by atoms with Gasteiger partial charge in [-0.1, -0.05) is 19.6 Å². The molecule has 0 unspecified atom stereocenters. The van der Waals surface area contributed by atoms with E-state index in [0.717, 1.165) is 0 Å². The molecule has 0 amide bonds. The first-order valence-corrected chi connectivity index (χ1v) is 7.85. The summed E-state index contributed by atoms with van der Waals surface area (Å²) in [7, 11) is -1.85. The standard InChI is InChI=1S/C9H16N2O2Si/c1-14(2,3)9-7(12)5(10)4-6(11)8(9)13/h4,12-13H,10-11H2,1-3H3. The minimum atomic E-state index is -1.85. The molecule has 0 fully saturated rings. The van der Waals surface area contributed by atoms with Crippen LogP contribution in [-0.4, -0.2) is 18.3 Å². The van der Waals surface area contributed by atoms with Gasteiger partial charge in [0, 0.05) is 5.19 Å². The zero-order chi connectivity index (χ0) is 11.1. The second-order valence-corrected chi connectivity index (χ2v) is 9.38. The Labute approximate surface area is 84.2 Å². The van der Waals surface area contributed by atoms with Gasteiger partial charge in [0.2, 0.25) is 0 Å². The van der Waals surface area contributed by atoms with Gasteiger partial charge in [-0.2, -0.15) is 0 Å². The Bertz CT molecular complexity index is 346. The lowest BCUT2D eigenvalue weighted by atomic mass is 10.2. The number of phenols is 2. The van der Waals surface area contributed by atoms with Gasteiger partial charge < -0.3 is 21.7 Å². The van der Waals surface area contributed by atoms with Crippen molar-refractivity contribution in [3.05, 3.63) is 6.07 Å². The molecule has 0 aliphatic carbocycles. The third-order valence-corrected chi connectivity index (χ3v) is 4.06. The zero-order valence-corrected chi connectivity index (χ0v) is 9.63. The van der Waals surface area contributed by atoms with Crippen LogP contribution in [0.15, 0.2) is 6.07 Å². The van der Waals surface area contributed by atoms with Crippen molar-refractivity contribution in [2.24, 2.45) is 0 Å². The Morgan fingerprint density at radius 3 is 1.64 bits per heavy atom. The largest absolute Gasteiger partial charge is 0.506 e. The molecule has 0 bridgehead atoms. The van der Waals surface area contributed by atoms with E-state index in [0.29, 0.717) is 5.19 Å². The summed E-state index contributed by atoms with van der Waals surface area (Å²) in [6.07, 6.45) is 0. The van der Waals surface area contributed by atoms with Gasteiger partial charge in [-0.3, -0.25) is 0 Å². The molecule has 0 atom stereocenters. The van der Waals surface area contributed by atoms with E-state index in [9.17, 15) is 10.2 Å². The quantitative estimate of drug-likeness (QED) is 0.240. The lowest BCUT2D eigenvalue weighted by molar-refractivity contribution is 0.461. The van der Waals surface area contributed by atoms with Crippen molar-refractivity contribution in [1.29, 1.82) is 0 Å². The normalized spacial score (nSPS) is 11.6. The first kappa shape index (κ1) is 10.7. The number of rotatable bonds is 1. The molecule has 14 heavy (non-hydrogen) atoms. The van der Waals surface area contributed by atoms with E-state index in [2.05, 4.69) is 0 Å². The average Bonchev–Trinajstić information content (AvgIpc) is 1.98. The number of anilines is 2. The molecule has 0 aliphatic rings. The van der Waals surface area contributed by atoms with E-state index < -0.39 is 8.07 Å². The topological polar surface area (TPSA) is 92.5 Å². The Kier molecular flexibility index (Phi) is 2.37. The van der Waals surface area contributed by atoms with Crippen molar-refractivity contribution >= 4 is 24.6 Å². The Balaban J connectivity index is 3.56. The van der Waals surface area contributed by atoms with Crippen LogP contribution in [-0.2, 0) is 0 Å². The summed E-state index contributed by atoms with van der Waals surface area (Å²) in [5.41, 5.74) is 11.6. The molecular formula is C9H16N2O2Si. The van der Waals surface area contributed by atoms with E-state index in [4.69, 9.17) is 11.5 Å². The molecule has 1 aromatic carbocycles. The number of phenolic OH excluding ortho intramolecular Hbond substituents is 2. The van der Waals surface area contributed by atoms with E-state index in [1.54, 1.807) is 0 Å². The second-order valence-electron chi connectivity index (χ2n) is 4.38. The zero-order valence-electron chi connectivity index (χ0n) is 8.63. The molecule has 0 heterocycles. The monoisotopic (exact) mass is 212 g/mol. The van der Waals surface area contributed by atoms with Crippen LogP contribution in [0.4, 0.5) is 11.4 Å². The molecule has 1 aromatic rings. The fraction of sp³-hybridized carbons (Fsp3) is 0.333. The summed E-state index contributed by atoms with van der Waals surface area (Å²) in [5.74, 6) is -0.0632. The van der Waals surface area contributed by atoms with Crippen LogP contribution in [0.5, 0.6) is 11.5 Å². The van der Waals surface area contributed by atoms with Crippen molar-refractivity contribution in [2.75, 3.05) is 11.5 Å². The van der Waals surface area contributed by atoms with Crippen molar-refractivity contribution in [3.63, 3.8) is 0 Å². The van der Waals surface area contributed by atoms with E-state index in [1.165, 1.54) is 6.07 Å². The number of hydrogen-bond donors (Lipinski definition) is 4. The van der Waals surface area contributed by atoms with Gasteiger partial charge in [0.15, 0.2) is 0 Å². The summed E-state index contributed by atoms with van der Waals surface area (Å²) in [6.45, 7) is 6.00. The van der Waals surface area contributed by atoms with Gasteiger partial charge >= 0.3 is 0 Å². The third kappa shape index (κ3) is 1.63. The van der Waals surface area contributed by atoms with Crippen LogP contribution in [0.25, 0.3) is 0 Å². The molecule has 0 spiro atoms. The second kappa shape index (κ2) is 3.09. The van der Waals surface area contributed by atoms with Crippen LogP contribution < -0.4 is 16.7 Å². The first-order chi connectivity index (χ1) is 6.25. The van der Waals surface area contributed by atoms with E-state index in [-0.39, 0.29) is 22.9 Å². The predicted octanol–water partition coefficient (Wildman–Crippen LogP) is 0.807. The van der Waals surface area contributed by atoms with E-state index in [1.807, 2.05) is 19.6 Å². The number of nitrogens with two attached hydrogens (primary N) is 2.